The number of aromatic nitrogens is 1. The van der Waals surface area contributed by atoms with E-state index in [9.17, 15) is 17.6 Å². The maximum Gasteiger partial charge on any atom is 0.401 e. The van der Waals surface area contributed by atoms with Gasteiger partial charge in [-0.05, 0) is 56.5 Å². The topological polar surface area (TPSA) is 61.3 Å². The molecule has 1 aliphatic rings. The van der Waals surface area contributed by atoms with Crippen molar-refractivity contribution in [3.8, 4) is 0 Å². The minimum Gasteiger partial charge on any atom is -0.317 e. The molecule has 0 radical (unpaired) electrons. The average Bonchev–Trinajstić information content (AvgIpc) is 3.03. The fourth-order valence-corrected chi connectivity index (χ4v) is 3.79. The van der Waals surface area contributed by atoms with Crippen molar-refractivity contribution in [3.63, 3.8) is 0 Å². The van der Waals surface area contributed by atoms with E-state index < -0.39 is 29.7 Å². The lowest BCUT2D eigenvalue weighted by Gasteiger charge is -2.42. The van der Waals surface area contributed by atoms with Gasteiger partial charge in [0.15, 0.2) is 0 Å². The molecular formula is C24H35F4N5. The number of pyridine rings is 1. The van der Waals surface area contributed by atoms with Gasteiger partial charge in [0.1, 0.15) is 0 Å². The largest absolute Gasteiger partial charge is 0.401 e. The highest BCUT2D eigenvalue weighted by Gasteiger charge is 2.49. The summed E-state index contributed by atoms with van der Waals surface area (Å²) in [6, 6.07) is 2.87. The van der Waals surface area contributed by atoms with Crippen LogP contribution in [0.25, 0.3) is 0 Å². The van der Waals surface area contributed by atoms with Crippen molar-refractivity contribution in [3.05, 3.63) is 53.9 Å². The molecule has 5 nitrogen and oxygen atoms in total. The van der Waals surface area contributed by atoms with E-state index in [-0.39, 0.29) is 6.67 Å². The molecule has 0 bridgehead atoms. The van der Waals surface area contributed by atoms with Crippen molar-refractivity contribution in [2.75, 3.05) is 26.3 Å². The van der Waals surface area contributed by atoms with Crippen LogP contribution >= 0.6 is 0 Å². The van der Waals surface area contributed by atoms with Gasteiger partial charge in [-0.1, -0.05) is 38.6 Å². The quantitative estimate of drug-likeness (QED) is 0.224. The number of rotatable bonds is 13. The molecule has 2 rings (SSSR count). The van der Waals surface area contributed by atoms with Crippen LogP contribution < -0.4 is 16.1 Å². The van der Waals surface area contributed by atoms with Crippen LogP contribution in [0.5, 0.6) is 0 Å². The van der Waals surface area contributed by atoms with E-state index in [0.717, 1.165) is 24.9 Å². The maximum atomic E-state index is 13.1. The summed E-state index contributed by atoms with van der Waals surface area (Å²) in [4.78, 5) is 4.52. The molecule has 3 N–H and O–H groups in total. The fraction of sp³-hybridized carbons (Fsp3) is 0.583. The Bertz CT molecular complexity index is 817. The first kappa shape index (κ1) is 27.0. The SMILES string of the molecule is C=C/C=C(/[C@H](NCC(F)(F)F)c1ccc(CCCNCCCF)cn1)[C@@]1(C)NN=CC1(C)C. The van der Waals surface area contributed by atoms with E-state index in [4.69, 9.17) is 0 Å². The van der Waals surface area contributed by atoms with Crippen LogP contribution in [0, 0.1) is 5.41 Å². The zero-order valence-corrected chi connectivity index (χ0v) is 19.6. The van der Waals surface area contributed by atoms with Crippen molar-refractivity contribution in [1.82, 2.24) is 21.0 Å². The maximum absolute atomic E-state index is 13.1. The van der Waals surface area contributed by atoms with Crippen LogP contribution in [0.15, 0.2) is 47.7 Å². The third kappa shape index (κ3) is 7.37. The van der Waals surface area contributed by atoms with Crippen molar-refractivity contribution in [1.29, 1.82) is 0 Å². The van der Waals surface area contributed by atoms with Gasteiger partial charge in [0.2, 0.25) is 0 Å². The molecular weight excluding hydrogens is 434 g/mol. The molecule has 2 heterocycles. The number of hydrazone groups is 1. The van der Waals surface area contributed by atoms with E-state index in [1.807, 2.05) is 26.8 Å². The van der Waals surface area contributed by atoms with E-state index in [2.05, 4.69) is 32.7 Å². The molecule has 0 aromatic carbocycles. The van der Waals surface area contributed by atoms with E-state index in [1.54, 1.807) is 30.6 Å². The fourth-order valence-electron chi connectivity index (χ4n) is 3.79. The van der Waals surface area contributed by atoms with Gasteiger partial charge < -0.3 is 5.32 Å². The first-order chi connectivity index (χ1) is 15.5. The second kappa shape index (κ2) is 11.7. The number of alkyl halides is 4. The van der Waals surface area contributed by atoms with Gasteiger partial charge in [-0.15, -0.1) is 0 Å². The Balaban J connectivity index is 2.24. The Morgan fingerprint density at radius 1 is 1.21 bits per heavy atom. The number of nitrogens with one attached hydrogen (secondary N) is 3. The minimum absolute atomic E-state index is 0.331. The Hall–Kier alpha value is -2.26. The molecule has 0 saturated carbocycles. The summed E-state index contributed by atoms with van der Waals surface area (Å²) >= 11 is 0. The zero-order valence-electron chi connectivity index (χ0n) is 19.6. The first-order valence-electron chi connectivity index (χ1n) is 11.2. The van der Waals surface area contributed by atoms with Gasteiger partial charge in [0, 0.05) is 17.8 Å². The molecule has 33 heavy (non-hydrogen) atoms. The summed E-state index contributed by atoms with van der Waals surface area (Å²) in [7, 11) is 0. The van der Waals surface area contributed by atoms with Crippen molar-refractivity contribution >= 4 is 6.21 Å². The van der Waals surface area contributed by atoms with Crippen LogP contribution in [0.1, 0.15) is 50.9 Å². The Kier molecular flexibility index (Phi) is 9.60. The van der Waals surface area contributed by atoms with Gasteiger partial charge >= 0.3 is 6.18 Å². The average molecular weight is 470 g/mol. The first-order valence-corrected chi connectivity index (χ1v) is 11.2. The molecule has 0 saturated heterocycles. The lowest BCUT2D eigenvalue weighted by Crippen LogP contribution is -2.52. The predicted octanol–water partition coefficient (Wildman–Crippen LogP) is 4.64. The minimum atomic E-state index is -4.37. The zero-order chi connectivity index (χ0) is 24.5. The molecule has 0 amide bonds. The van der Waals surface area contributed by atoms with Crippen molar-refractivity contribution < 1.29 is 17.6 Å². The van der Waals surface area contributed by atoms with E-state index >= 15 is 0 Å². The molecule has 0 spiro atoms. The van der Waals surface area contributed by atoms with Gasteiger partial charge in [0.05, 0.1) is 30.5 Å². The van der Waals surface area contributed by atoms with Gasteiger partial charge in [0.25, 0.3) is 0 Å². The lowest BCUT2D eigenvalue weighted by molar-refractivity contribution is -0.126. The second-order valence-electron chi connectivity index (χ2n) is 8.99. The second-order valence-corrected chi connectivity index (χ2v) is 8.99. The van der Waals surface area contributed by atoms with E-state index in [0.29, 0.717) is 24.2 Å². The molecule has 0 aliphatic carbocycles. The smallest absolute Gasteiger partial charge is 0.317 e. The van der Waals surface area contributed by atoms with Gasteiger partial charge in [-0.3, -0.25) is 20.1 Å². The molecule has 0 unspecified atom stereocenters. The third-order valence-electron chi connectivity index (χ3n) is 6.11. The Morgan fingerprint density at radius 3 is 2.48 bits per heavy atom. The number of allylic oxidation sites excluding steroid dienone is 2. The summed E-state index contributed by atoms with van der Waals surface area (Å²) in [6.45, 7) is 9.57. The number of hydrogen-bond donors (Lipinski definition) is 3. The number of nitrogens with zero attached hydrogens (tertiary/aromatic N) is 2. The highest BCUT2D eigenvalue weighted by molar-refractivity contribution is 5.71. The van der Waals surface area contributed by atoms with Crippen LogP contribution in [0.4, 0.5) is 17.6 Å². The standard InChI is InChI=1S/C24H35F4N5/c1-5-8-19(23(4)22(2,3)16-32-33-23)21(31-17-24(26,27)28)20-11-10-18(15-30-20)9-6-13-29-14-7-12-25/h5,8,10-11,15-16,21,29,31,33H,1,6-7,9,12-14,17H2,2-4H3/b19-8-/t21-,23+/m0/s1. The Morgan fingerprint density at radius 2 is 1.94 bits per heavy atom. The van der Waals surface area contributed by atoms with Crippen molar-refractivity contribution in [2.24, 2.45) is 10.5 Å². The van der Waals surface area contributed by atoms with Gasteiger partial charge in [-0.2, -0.15) is 18.3 Å². The van der Waals surface area contributed by atoms with Crippen LogP contribution in [-0.4, -0.2) is 49.2 Å². The van der Waals surface area contributed by atoms with E-state index in [1.165, 1.54) is 0 Å². The van der Waals surface area contributed by atoms with Gasteiger partial charge in [-0.25, -0.2) is 0 Å². The van der Waals surface area contributed by atoms with Crippen LogP contribution in [-0.2, 0) is 6.42 Å². The molecule has 184 valence electrons. The lowest BCUT2D eigenvalue weighted by atomic mass is 9.68. The van der Waals surface area contributed by atoms with Crippen molar-refractivity contribution in [2.45, 2.75) is 57.8 Å². The summed E-state index contributed by atoms with van der Waals surface area (Å²) in [5, 5.41) is 10.0. The molecule has 1 aromatic heterocycles. The summed E-state index contributed by atoms with van der Waals surface area (Å²) in [6.07, 6.45) is 4.53. The monoisotopic (exact) mass is 469 g/mol. The molecule has 9 heteroatoms. The summed E-state index contributed by atoms with van der Waals surface area (Å²) in [5.74, 6) is 0. The highest BCUT2D eigenvalue weighted by atomic mass is 19.4. The molecule has 1 aliphatic heterocycles. The van der Waals surface area contributed by atoms with Crippen LogP contribution in [0.2, 0.25) is 0 Å². The summed E-state index contributed by atoms with van der Waals surface area (Å²) in [5.41, 5.74) is 4.05. The summed E-state index contributed by atoms with van der Waals surface area (Å²) < 4.78 is 51.5. The number of halogens is 4. The molecule has 1 aromatic rings. The van der Waals surface area contributed by atoms with Crippen LogP contribution in [0.3, 0.4) is 0 Å². The molecule has 0 fully saturated rings. The predicted molar refractivity (Wildman–Crippen MR) is 125 cm³/mol. The number of hydrogen-bond acceptors (Lipinski definition) is 5. The Labute approximate surface area is 193 Å². The molecule has 2 atom stereocenters. The normalized spacial score (nSPS) is 21.1. The number of aryl methyl sites for hydroxylation is 1. The highest BCUT2D eigenvalue weighted by Crippen LogP contribution is 2.43. The third-order valence-corrected chi connectivity index (χ3v) is 6.11.